The second-order valence-corrected chi connectivity index (χ2v) is 4.69. The van der Waals surface area contributed by atoms with E-state index >= 15 is 0 Å². The molecule has 2 heterocycles. The fourth-order valence-electron chi connectivity index (χ4n) is 2.22. The Balaban J connectivity index is 2.26. The first-order chi connectivity index (χ1) is 10.1. The summed E-state index contributed by atoms with van der Waals surface area (Å²) >= 11 is 0. The maximum atomic E-state index is 10.8. The van der Waals surface area contributed by atoms with Crippen LogP contribution in [0.5, 0.6) is 0 Å². The molecule has 3 rings (SSSR count). The molecule has 0 aliphatic rings. The van der Waals surface area contributed by atoms with E-state index in [1.54, 1.807) is 23.0 Å². The van der Waals surface area contributed by atoms with Gasteiger partial charge in [-0.1, -0.05) is 23.8 Å². The fourth-order valence-corrected chi connectivity index (χ4v) is 2.22. The summed E-state index contributed by atoms with van der Waals surface area (Å²) in [5, 5.41) is 13.4. The molecule has 0 spiro atoms. The molecule has 0 aliphatic carbocycles. The lowest BCUT2D eigenvalue weighted by molar-refractivity contribution is -0.131. The average Bonchev–Trinajstić information content (AvgIpc) is 2.84. The summed E-state index contributed by atoms with van der Waals surface area (Å²) in [6.45, 7) is 2.00. The molecule has 21 heavy (non-hydrogen) atoms. The highest BCUT2D eigenvalue weighted by molar-refractivity contribution is 5.90. The lowest BCUT2D eigenvalue weighted by Gasteiger charge is -2.00. The van der Waals surface area contributed by atoms with Gasteiger partial charge in [-0.2, -0.15) is 5.10 Å². The van der Waals surface area contributed by atoms with Crippen LogP contribution in [0.4, 0.5) is 0 Å². The van der Waals surface area contributed by atoms with Gasteiger partial charge in [0.05, 0.1) is 0 Å². The Morgan fingerprint density at radius 1 is 1.33 bits per heavy atom. The second-order valence-electron chi connectivity index (χ2n) is 4.69. The molecule has 1 N–H and O–H groups in total. The van der Waals surface area contributed by atoms with E-state index in [4.69, 9.17) is 5.11 Å². The van der Waals surface area contributed by atoms with E-state index < -0.39 is 5.97 Å². The third-order valence-electron chi connectivity index (χ3n) is 3.12. The molecule has 5 heteroatoms. The van der Waals surface area contributed by atoms with Crippen LogP contribution in [-0.2, 0) is 4.79 Å². The number of aliphatic carboxylic acids is 1. The van der Waals surface area contributed by atoms with Crippen LogP contribution < -0.4 is 0 Å². The number of rotatable bonds is 3. The van der Waals surface area contributed by atoms with Crippen molar-refractivity contribution >= 4 is 17.7 Å². The molecule has 0 saturated carbocycles. The minimum absolute atomic E-state index is 0.631. The van der Waals surface area contributed by atoms with Crippen molar-refractivity contribution in [1.82, 2.24) is 14.6 Å². The molecule has 5 nitrogen and oxygen atoms in total. The molecular formula is C16H13N3O2. The topological polar surface area (TPSA) is 67.5 Å². The van der Waals surface area contributed by atoms with Crippen molar-refractivity contribution in [3.05, 3.63) is 59.9 Å². The second kappa shape index (κ2) is 5.20. The first-order valence-electron chi connectivity index (χ1n) is 6.46. The summed E-state index contributed by atoms with van der Waals surface area (Å²) in [7, 11) is 0. The molecule has 3 aromatic rings. The molecule has 1 aromatic carbocycles. The van der Waals surface area contributed by atoms with Gasteiger partial charge < -0.3 is 5.11 Å². The Morgan fingerprint density at radius 2 is 2.19 bits per heavy atom. The molecule has 0 radical (unpaired) electrons. The zero-order valence-corrected chi connectivity index (χ0v) is 11.4. The number of hydrogen-bond donors (Lipinski definition) is 1. The van der Waals surface area contributed by atoms with Crippen LogP contribution in [0.1, 0.15) is 11.1 Å². The van der Waals surface area contributed by atoms with Crippen molar-refractivity contribution in [2.45, 2.75) is 6.92 Å². The number of carbonyl (C=O) groups is 1. The van der Waals surface area contributed by atoms with E-state index in [0.717, 1.165) is 22.9 Å². The Labute approximate surface area is 121 Å². The van der Waals surface area contributed by atoms with Crippen LogP contribution in [0.25, 0.3) is 23.0 Å². The molecular weight excluding hydrogens is 266 g/mol. The number of fused-ring (bicyclic) bond motifs is 1. The summed E-state index contributed by atoms with van der Waals surface area (Å²) < 4.78 is 1.65. The normalized spacial score (nSPS) is 11.3. The van der Waals surface area contributed by atoms with Crippen LogP contribution in [0.2, 0.25) is 0 Å². The van der Waals surface area contributed by atoms with E-state index in [2.05, 4.69) is 10.1 Å². The standard InChI is InChI=1S/C16H13N3O2/c1-11-4-2-5-12(10-11)15-13(6-7-14(20)21)16-17-8-3-9-19(16)18-15/h2-10H,1H3,(H,20,21)/b7-6+. The Hall–Kier alpha value is -2.95. The molecule has 0 unspecified atom stereocenters. The number of hydrogen-bond acceptors (Lipinski definition) is 3. The van der Waals surface area contributed by atoms with Crippen molar-refractivity contribution in [2.75, 3.05) is 0 Å². The van der Waals surface area contributed by atoms with Crippen molar-refractivity contribution in [1.29, 1.82) is 0 Å². The van der Waals surface area contributed by atoms with E-state index in [1.165, 1.54) is 6.08 Å². The van der Waals surface area contributed by atoms with Gasteiger partial charge in [0.15, 0.2) is 5.65 Å². The van der Waals surface area contributed by atoms with Gasteiger partial charge in [-0.25, -0.2) is 14.3 Å². The fraction of sp³-hybridized carbons (Fsp3) is 0.0625. The van der Waals surface area contributed by atoms with Crippen LogP contribution in [-0.4, -0.2) is 25.7 Å². The van der Waals surface area contributed by atoms with E-state index in [0.29, 0.717) is 11.2 Å². The van der Waals surface area contributed by atoms with Gasteiger partial charge in [-0.3, -0.25) is 0 Å². The molecule has 0 fully saturated rings. The smallest absolute Gasteiger partial charge is 0.328 e. The number of carboxylic acids is 1. The third-order valence-corrected chi connectivity index (χ3v) is 3.12. The van der Waals surface area contributed by atoms with Crippen LogP contribution in [0, 0.1) is 6.92 Å². The maximum Gasteiger partial charge on any atom is 0.328 e. The molecule has 0 bridgehead atoms. The average molecular weight is 279 g/mol. The maximum absolute atomic E-state index is 10.8. The monoisotopic (exact) mass is 279 g/mol. The molecule has 104 valence electrons. The van der Waals surface area contributed by atoms with Gasteiger partial charge >= 0.3 is 5.97 Å². The third kappa shape index (κ3) is 2.53. The molecule has 0 saturated heterocycles. The van der Waals surface area contributed by atoms with E-state index in [-0.39, 0.29) is 0 Å². The first-order valence-corrected chi connectivity index (χ1v) is 6.46. The predicted molar refractivity (Wildman–Crippen MR) is 79.8 cm³/mol. The van der Waals surface area contributed by atoms with Gasteiger partial charge in [0, 0.05) is 29.6 Å². The minimum Gasteiger partial charge on any atom is -0.478 e. The largest absolute Gasteiger partial charge is 0.478 e. The summed E-state index contributed by atoms with van der Waals surface area (Å²) in [6.07, 6.45) is 6.09. The van der Waals surface area contributed by atoms with Gasteiger partial charge in [-0.05, 0) is 25.1 Å². The highest BCUT2D eigenvalue weighted by Crippen LogP contribution is 2.26. The number of nitrogens with zero attached hydrogens (tertiary/aromatic N) is 3. The van der Waals surface area contributed by atoms with Gasteiger partial charge in [0.25, 0.3) is 0 Å². The Morgan fingerprint density at radius 3 is 2.95 bits per heavy atom. The lowest BCUT2D eigenvalue weighted by Crippen LogP contribution is -1.88. The van der Waals surface area contributed by atoms with E-state index in [9.17, 15) is 4.79 Å². The molecule has 0 atom stereocenters. The number of aryl methyl sites for hydroxylation is 1. The predicted octanol–water partition coefficient (Wildman–Crippen LogP) is 2.80. The molecule has 0 amide bonds. The number of benzene rings is 1. The van der Waals surface area contributed by atoms with Crippen LogP contribution in [0.3, 0.4) is 0 Å². The highest BCUT2D eigenvalue weighted by atomic mass is 16.4. The van der Waals surface area contributed by atoms with Crippen LogP contribution >= 0.6 is 0 Å². The first kappa shape index (κ1) is 13.1. The van der Waals surface area contributed by atoms with E-state index in [1.807, 2.05) is 31.2 Å². The van der Waals surface area contributed by atoms with Gasteiger partial charge in [-0.15, -0.1) is 0 Å². The number of aromatic nitrogens is 3. The summed E-state index contributed by atoms with van der Waals surface area (Å²) in [4.78, 5) is 15.1. The molecule has 0 aliphatic heterocycles. The zero-order valence-electron chi connectivity index (χ0n) is 11.4. The Kier molecular flexibility index (Phi) is 3.23. The van der Waals surface area contributed by atoms with Gasteiger partial charge in [0.2, 0.25) is 0 Å². The number of carboxylic acid groups (broad SMARTS) is 1. The van der Waals surface area contributed by atoms with Crippen molar-refractivity contribution in [3.63, 3.8) is 0 Å². The van der Waals surface area contributed by atoms with Gasteiger partial charge in [0.1, 0.15) is 5.69 Å². The SMILES string of the molecule is Cc1cccc(-c2nn3cccnc3c2/C=C/C(=O)O)c1. The van der Waals surface area contributed by atoms with Crippen molar-refractivity contribution in [3.8, 4) is 11.3 Å². The highest BCUT2D eigenvalue weighted by Gasteiger charge is 2.13. The molecule has 2 aromatic heterocycles. The van der Waals surface area contributed by atoms with Crippen molar-refractivity contribution in [2.24, 2.45) is 0 Å². The quantitative estimate of drug-likeness (QED) is 0.749. The lowest BCUT2D eigenvalue weighted by atomic mass is 10.1. The minimum atomic E-state index is -1.000. The summed E-state index contributed by atoms with van der Waals surface area (Å²) in [5.74, 6) is -1.000. The summed E-state index contributed by atoms with van der Waals surface area (Å²) in [5.41, 5.74) is 4.10. The zero-order chi connectivity index (χ0) is 14.8. The van der Waals surface area contributed by atoms with Crippen molar-refractivity contribution < 1.29 is 9.90 Å². The van der Waals surface area contributed by atoms with Crippen LogP contribution in [0.15, 0.2) is 48.8 Å². The summed E-state index contributed by atoms with van der Waals surface area (Å²) in [6, 6.07) is 9.70. The Bertz CT molecular complexity index is 850.